The molecule has 2 N–H and O–H groups in total. The smallest absolute Gasteiger partial charge is 0.376 e. The minimum atomic E-state index is -0.490. The molecule has 11 heavy (non-hydrogen) atoms. The molecule has 1 fully saturated rings. The molecular formula is C6H14BNO3. The molecule has 64 valence electrons. The Morgan fingerprint density at radius 1 is 1.73 bits per heavy atom. The van der Waals surface area contributed by atoms with Crippen molar-refractivity contribution in [3.63, 3.8) is 0 Å². The first-order valence-electron chi connectivity index (χ1n) is 3.88. The molecule has 0 unspecified atom stereocenters. The first kappa shape index (κ1) is 9.00. The predicted octanol–water partition coefficient (Wildman–Crippen LogP) is -1.21. The maximum Gasteiger partial charge on any atom is 0.376 e. The summed E-state index contributed by atoms with van der Waals surface area (Å²) < 4.78 is 5.14. The van der Waals surface area contributed by atoms with Crippen LogP contribution in [0.4, 0.5) is 0 Å². The third kappa shape index (κ3) is 2.17. The highest BCUT2D eigenvalue weighted by Gasteiger charge is 2.27. The lowest BCUT2D eigenvalue weighted by Gasteiger charge is -2.35. The van der Waals surface area contributed by atoms with Gasteiger partial charge < -0.3 is 19.7 Å². The van der Waals surface area contributed by atoms with E-state index in [0.29, 0.717) is 19.8 Å². The highest BCUT2D eigenvalue weighted by Crippen LogP contribution is 2.06. The molecule has 0 bridgehead atoms. The van der Waals surface area contributed by atoms with Crippen LogP contribution in [0.3, 0.4) is 0 Å². The number of rotatable bonds is 2. The second-order valence-corrected chi connectivity index (χ2v) is 2.78. The molecule has 0 aliphatic carbocycles. The van der Waals surface area contributed by atoms with E-state index in [2.05, 4.69) is 0 Å². The first-order chi connectivity index (χ1) is 5.25. The van der Waals surface area contributed by atoms with Crippen LogP contribution in [0, 0.1) is 0 Å². The summed E-state index contributed by atoms with van der Waals surface area (Å²) in [5.74, 6) is 0. The van der Waals surface area contributed by atoms with Crippen molar-refractivity contribution in [3.05, 3.63) is 0 Å². The maximum atomic E-state index is 9.24. The monoisotopic (exact) mass is 159 g/mol. The SMILES string of the molecule is CB(O)N1CCOC[C@H]1CO. The third-order valence-electron chi connectivity index (χ3n) is 1.96. The van der Waals surface area contributed by atoms with Crippen LogP contribution in [0.2, 0.25) is 6.82 Å². The fourth-order valence-electron chi connectivity index (χ4n) is 1.32. The molecule has 0 saturated carbocycles. The fraction of sp³-hybridized carbons (Fsp3) is 1.00. The van der Waals surface area contributed by atoms with E-state index in [1.165, 1.54) is 0 Å². The number of morpholine rings is 1. The van der Waals surface area contributed by atoms with Gasteiger partial charge in [0.05, 0.1) is 19.8 Å². The van der Waals surface area contributed by atoms with Gasteiger partial charge in [0.15, 0.2) is 0 Å². The highest BCUT2D eigenvalue weighted by molar-refractivity contribution is 6.45. The summed E-state index contributed by atoms with van der Waals surface area (Å²) in [6.45, 7) is 3.60. The molecule has 4 nitrogen and oxygen atoms in total. The summed E-state index contributed by atoms with van der Waals surface area (Å²) in [7, 11) is -0.490. The number of hydrogen-bond donors (Lipinski definition) is 2. The molecule has 1 aliphatic rings. The van der Waals surface area contributed by atoms with Gasteiger partial charge in [-0.3, -0.25) is 0 Å². The van der Waals surface area contributed by atoms with Gasteiger partial charge in [0.25, 0.3) is 0 Å². The van der Waals surface area contributed by atoms with E-state index in [9.17, 15) is 5.02 Å². The van der Waals surface area contributed by atoms with Gasteiger partial charge in [-0.2, -0.15) is 0 Å². The van der Waals surface area contributed by atoms with Gasteiger partial charge in [-0.05, 0) is 6.82 Å². The molecule has 0 aromatic carbocycles. The van der Waals surface area contributed by atoms with Crippen molar-refractivity contribution in [2.24, 2.45) is 0 Å². The van der Waals surface area contributed by atoms with Crippen molar-refractivity contribution in [1.82, 2.24) is 4.81 Å². The second kappa shape index (κ2) is 4.06. The summed E-state index contributed by atoms with van der Waals surface area (Å²) in [6, 6.07) is -0.0382. The first-order valence-corrected chi connectivity index (χ1v) is 3.88. The number of aliphatic hydroxyl groups is 1. The van der Waals surface area contributed by atoms with Crippen LogP contribution < -0.4 is 0 Å². The quantitative estimate of drug-likeness (QED) is 0.496. The van der Waals surface area contributed by atoms with Crippen molar-refractivity contribution in [3.8, 4) is 0 Å². The van der Waals surface area contributed by atoms with Crippen LogP contribution in [0.5, 0.6) is 0 Å². The van der Waals surface area contributed by atoms with Crippen molar-refractivity contribution >= 4 is 7.05 Å². The molecule has 1 aliphatic heterocycles. The minimum absolute atomic E-state index is 0.0382. The van der Waals surface area contributed by atoms with Gasteiger partial charge in [-0.25, -0.2) is 0 Å². The molecule has 1 saturated heterocycles. The maximum absolute atomic E-state index is 9.24. The van der Waals surface area contributed by atoms with E-state index < -0.39 is 7.05 Å². The average Bonchev–Trinajstić information content (AvgIpc) is 2.04. The zero-order valence-electron chi connectivity index (χ0n) is 6.73. The van der Waals surface area contributed by atoms with E-state index in [4.69, 9.17) is 9.84 Å². The topological polar surface area (TPSA) is 52.9 Å². The van der Waals surface area contributed by atoms with E-state index in [0.717, 1.165) is 0 Å². The van der Waals surface area contributed by atoms with E-state index in [1.807, 2.05) is 4.81 Å². The van der Waals surface area contributed by atoms with Crippen LogP contribution in [0.15, 0.2) is 0 Å². The Morgan fingerprint density at radius 3 is 2.91 bits per heavy atom. The molecule has 0 spiro atoms. The van der Waals surface area contributed by atoms with Crippen LogP contribution in [0.1, 0.15) is 0 Å². The molecule has 1 atom stereocenters. The number of ether oxygens (including phenoxy) is 1. The van der Waals surface area contributed by atoms with Crippen LogP contribution in [-0.2, 0) is 4.74 Å². The minimum Gasteiger partial charge on any atom is -0.437 e. The van der Waals surface area contributed by atoms with E-state index >= 15 is 0 Å². The molecule has 5 heteroatoms. The van der Waals surface area contributed by atoms with Gasteiger partial charge in [0, 0.05) is 12.6 Å². The Morgan fingerprint density at radius 2 is 2.45 bits per heavy atom. The van der Waals surface area contributed by atoms with Crippen molar-refractivity contribution < 1.29 is 14.9 Å². The van der Waals surface area contributed by atoms with Gasteiger partial charge in [-0.15, -0.1) is 0 Å². The normalized spacial score (nSPS) is 27.0. The van der Waals surface area contributed by atoms with Gasteiger partial charge in [0.1, 0.15) is 0 Å². The lowest BCUT2D eigenvalue weighted by atomic mass is 9.82. The highest BCUT2D eigenvalue weighted by atomic mass is 16.5. The second-order valence-electron chi connectivity index (χ2n) is 2.78. The van der Waals surface area contributed by atoms with Crippen LogP contribution in [0.25, 0.3) is 0 Å². The van der Waals surface area contributed by atoms with Crippen LogP contribution in [-0.4, -0.2) is 54.4 Å². The van der Waals surface area contributed by atoms with Crippen molar-refractivity contribution in [2.75, 3.05) is 26.4 Å². The molecule has 1 rings (SSSR count). The van der Waals surface area contributed by atoms with Crippen LogP contribution >= 0.6 is 0 Å². The molecule has 0 aromatic heterocycles. The Kier molecular flexibility index (Phi) is 3.32. The molecule has 1 heterocycles. The van der Waals surface area contributed by atoms with Crippen molar-refractivity contribution in [1.29, 1.82) is 0 Å². The Bertz CT molecular complexity index is 122. The zero-order chi connectivity index (χ0) is 8.27. The van der Waals surface area contributed by atoms with Gasteiger partial charge >= 0.3 is 7.05 Å². The summed E-state index contributed by atoms with van der Waals surface area (Å²) in [4.78, 5) is 1.84. The lowest BCUT2D eigenvalue weighted by molar-refractivity contribution is 0.00300. The zero-order valence-corrected chi connectivity index (χ0v) is 6.73. The number of nitrogens with zero attached hydrogens (tertiary/aromatic N) is 1. The lowest BCUT2D eigenvalue weighted by Crippen LogP contribution is -2.53. The third-order valence-corrected chi connectivity index (χ3v) is 1.96. The van der Waals surface area contributed by atoms with Gasteiger partial charge in [0.2, 0.25) is 0 Å². The standard InChI is InChI=1S/C6H14BNO3/c1-7(10)8-2-3-11-5-6(8)4-9/h6,9-10H,2-5H2,1H3/t6-/m1/s1. The largest absolute Gasteiger partial charge is 0.437 e. The summed E-state index contributed by atoms with van der Waals surface area (Å²) in [6.07, 6.45) is 0. The molecule has 0 aromatic rings. The van der Waals surface area contributed by atoms with Crippen molar-refractivity contribution in [2.45, 2.75) is 12.9 Å². The number of hydrogen-bond acceptors (Lipinski definition) is 4. The number of aliphatic hydroxyl groups excluding tert-OH is 1. The average molecular weight is 159 g/mol. The Labute approximate surface area is 66.9 Å². The van der Waals surface area contributed by atoms with E-state index in [1.54, 1.807) is 6.82 Å². The Hall–Kier alpha value is -0.0951. The van der Waals surface area contributed by atoms with Gasteiger partial charge in [-0.1, -0.05) is 0 Å². The fourth-order valence-corrected chi connectivity index (χ4v) is 1.32. The summed E-state index contributed by atoms with van der Waals surface area (Å²) >= 11 is 0. The molecule has 0 radical (unpaired) electrons. The van der Waals surface area contributed by atoms with E-state index in [-0.39, 0.29) is 12.6 Å². The summed E-state index contributed by atoms with van der Waals surface area (Å²) in [5.41, 5.74) is 0. The molecule has 0 amide bonds. The Balaban J connectivity index is 2.44. The molecular weight excluding hydrogens is 145 g/mol. The predicted molar refractivity (Wildman–Crippen MR) is 42.2 cm³/mol. The summed E-state index contributed by atoms with van der Waals surface area (Å²) in [5, 5.41) is 18.1.